The van der Waals surface area contributed by atoms with E-state index >= 15 is 4.79 Å². The maximum Gasteiger partial charge on any atom is 0.238 e. The lowest BCUT2D eigenvalue weighted by Crippen LogP contribution is -2.68. The molecule has 0 saturated heterocycles. The van der Waals surface area contributed by atoms with Crippen molar-refractivity contribution < 1.29 is 19.8 Å². The molecule has 6 heteroatoms. The Morgan fingerprint density at radius 1 is 0.634 bits per heavy atom. The van der Waals surface area contributed by atoms with Crippen LogP contribution in [-0.2, 0) is 22.4 Å². The van der Waals surface area contributed by atoms with E-state index in [9.17, 15) is 15.0 Å². The van der Waals surface area contributed by atoms with E-state index in [4.69, 9.17) is 5.73 Å². The molecular weight excluding hydrogens is 512 g/mol. The SMILES string of the molecule is NC(=O)C1(C(=O)N([C@H](Cc2ccccc2)C2(O)CCCCC2)[C@H](Cc2ccccc2)C2(O)CCCCC2)CCCC1. The zero-order valence-electron chi connectivity index (χ0n) is 24.5. The summed E-state index contributed by atoms with van der Waals surface area (Å²) in [7, 11) is 0. The summed E-state index contributed by atoms with van der Waals surface area (Å²) >= 11 is 0. The van der Waals surface area contributed by atoms with E-state index in [1.165, 1.54) is 0 Å². The lowest BCUT2D eigenvalue weighted by atomic mass is 9.71. The quantitative estimate of drug-likeness (QED) is 0.335. The van der Waals surface area contributed by atoms with Gasteiger partial charge in [-0.1, -0.05) is 112 Å². The van der Waals surface area contributed by atoms with Crippen LogP contribution in [0.3, 0.4) is 0 Å². The van der Waals surface area contributed by atoms with Gasteiger partial charge < -0.3 is 20.8 Å². The number of benzene rings is 2. The number of nitrogens with zero attached hydrogens (tertiary/aromatic N) is 1. The minimum atomic E-state index is -1.31. The minimum Gasteiger partial charge on any atom is -0.388 e. The second-order valence-electron chi connectivity index (χ2n) is 13.1. The number of amides is 2. The summed E-state index contributed by atoms with van der Waals surface area (Å²) in [5, 5.41) is 25.0. The molecule has 5 rings (SSSR count). The average molecular weight is 561 g/mol. The molecule has 0 unspecified atom stereocenters. The lowest BCUT2D eigenvalue weighted by Gasteiger charge is -2.54. The Balaban J connectivity index is 1.69. The van der Waals surface area contributed by atoms with Gasteiger partial charge in [0.15, 0.2) is 0 Å². The Morgan fingerprint density at radius 3 is 1.37 bits per heavy atom. The lowest BCUT2D eigenvalue weighted by molar-refractivity contribution is -0.175. The van der Waals surface area contributed by atoms with Crippen LogP contribution in [0.1, 0.15) is 101 Å². The van der Waals surface area contributed by atoms with E-state index in [1.807, 2.05) is 65.6 Å². The highest BCUT2D eigenvalue weighted by Crippen LogP contribution is 2.46. The molecule has 0 aromatic heterocycles. The predicted molar refractivity (Wildman–Crippen MR) is 161 cm³/mol. The summed E-state index contributed by atoms with van der Waals surface area (Å²) in [6, 6.07) is 18.9. The van der Waals surface area contributed by atoms with E-state index in [1.54, 1.807) is 0 Å². The molecule has 0 radical (unpaired) electrons. The van der Waals surface area contributed by atoms with Crippen molar-refractivity contribution in [2.75, 3.05) is 0 Å². The van der Waals surface area contributed by atoms with Crippen molar-refractivity contribution in [1.29, 1.82) is 0 Å². The molecule has 0 aliphatic heterocycles. The highest BCUT2D eigenvalue weighted by molar-refractivity contribution is 6.05. The molecule has 4 N–H and O–H groups in total. The third-order valence-corrected chi connectivity index (χ3v) is 10.5. The van der Waals surface area contributed by atoms with Crippen molar-refractivity contribution in [2.24, 2.45) is 11.1 Å². The molecule has 3 fully saturated rings. The fourth-order valence-electron chi connectivity index (χ4n) is 8.06. The van der Waals surface area contributed by atoms with Crippen LogP contribution in [-0.4, -0.2) is 50.2 Å². The topological polar surface area (TPSA) is 104 Å². The Hall–Kier alpha value is -2.70. The normalized spacial score (nSPS) is 22.9. The largest absolute Gasteiger partial charge is 0.388 e. The van der Waals surface area contributed by atoms with Gasteiger partial charge in [0.25, 0.3) is 0 Å². The summed E-state index contributed by atoms with van der Waals surface area (Å²) in [6.45, 7) is 0. The van der Waals surface area contributed by atoms with E-state index in [0.717, 1.165) is 62.5 Å². The molecule has 2 aromatic carbocycles. The molecule has 6 nitrogen and oxygen atoms in total. The van der Waals surface area contributed by atoms with E-state index in [-0.39, 0.29) is 5.91 Å². The Kier molecular flexibility index (Phi) is 9.20. The summed E-state index contributed by atoms with van der Waals surface area (Å²) < 4.78 is 0. The van der Waals surface area contributed by atoms with Crippen molar-refractivity contribution in [1.82, 2.24) is 4.90 Å². The molecule has 222 valence electrons. The minimum absolute atomic E-state index is 0.289. The molecule has 3 saturated carbocycles. The van der Waals surface area contributed by atoms with Crippen molar-refractivity contribution in [2.45, 2.75) is 126 Å². The van der Waals surface area contributed by atoms with Gasteiger partial charge in [-0.05, 0) is 62.5 Å². The van der Waals surface area contributed by atoms with E-state index in [0.29, 0.717) is 51.4 Å². The fourth-order valence-corrected chi connectivity index (χ4v) is 8.06. The predicted octanol–water partition coefficient (Wildman–Crippen LogP) is 5.47. The first-order chi connectivity index (χ1) is 19.8. The Labute approximate surface area is 245 Å². The van der Waals surface area contributed by atoms with Crippen LogP contribution < -0.4 is 5.73 Å². The maximum atomic E-state index is 15.1. The van der Waals surface area contributed by atoms with Gasteiger partial charge in [-0.3, -0.25) is 9.59 Å². The number of carbonyl (C=O) groups is 2. The molecule has 41 heavy (non-hydrogen) atoms. The van der Waals surface area contributed by atoms with Crippen LogP contribution in [0, 0.1) is 5.41 Å². The van der Waals surface area contributed by atoms with E-state index in [2.05, 4.69) is 0 Å². The van der Waals surface area contributed by atoms with Crippen LogP contribution in [0.2, 0.25) is 0 Å². The highest BCUT2D eigenvalue weighted by Gasteiger charge is 2.57. The number of carbonyl (C=O) groups excluding carboxylic acids is 2. The summed E-state index contributed by atoms with van der Waals surface area (Å²) in [4.78, 5) is 30.2. The number of rotatable bonds is 10. The second-order valence-corrected chi connectivity index (χ2v) is 13.1. The summed E-state index contributed by atoms with van der Waals surface area (Å²) in [6.07, 6.45) is 11.3. The van der Waals surface area contributed by atoms with Crippen LogP contribution in [0.25, 0.3) is 0 Å². The first-order valence-electron chi connectivity index (χ1n) is 15.9. The Bertz CT molecular complexity index is 1080. The number of hydrogen-bond donors (Lipinski definition) is 3. The number of hydrogen-bond acceptors (Lipinski definition) is 4. The highest BCUT2D eigenvalue weighted by atomic mass is 16.3. The van der Waals surface area contributed by atoms with Gasteiger partial charge in [0, 0.05) is 0 Å². The third-order valence-electron chi connectivity index (χ3n) is 10.5. The van der Waals surface area contributed by atoms with Crippen molar-refractivity contribution in [3.8, 4) is 0 Å². The fraction of sp³-hybridized carbons (Fsp3) is 0.600. The van der Waals surface area contributed by atoms with E-state index < -0.39 is 34.6 Å². The van der Waals surface area contributed by atoms with Gasteiger partial charge in [0.05, 0.1) is 23.3 Å². The molecule has 0 spiro atoms. The van der Waals surface area contributed by atoms with Crippen LogP contribution >= 0.6 is 0 Å². The van der Waals surface area contributed by atoms with Gasteiger partial charge >= 0.3 is 0 Å². The van der Waals surface area contributed by atoms with Crippen LogP contribution in [0.4, 0.5) is 0 Å². The Morgan fingerprint density at radius 2 is 1.00 bits per heavy atom. The standard InChI is InChI=1S/C35H48N2O4/c36-31(38)33(19-13-14-20-33)32(39)37(29(25-27-15-5-1-6-16-27)34(40)21-9-3-10-22-34)30(26-28-17-7-2-8-18-28)35(41)23-11-4-12-24-35/h1-2,5-8,15-18,29-30,40-41H,3-4,9-14,19-26H2,(H2,36,38)/t29-,30-/m1/s1. The summed E-state index contributed by atoms with van der Waals surface area (Å²) in [5.41, 5.74) is 4.60. The number of nitrogens with two attached hydrogens (primary N) is 1. The zero-order chi connectivity index (χ0) is 28.9. The first kappa shape index (κ1) is 29.8. The zero-order valence-corrected chi connectivity index (χ0v) is 24.5. The van der Waals surface area contributed by atoms with Crippen LogP contribution in [0.15, 0.2) is 60.7 Å². The average Bonchev–Trinajstić information content (AvgIpc) is 3.50. The van der Waals surface area contributed by atoms with Gasteiger partial charge in [-0.2, -0.15) is 0 Å². The molecule has 2 amide bonds. The van der Waals surface area contributed by atoms with Crippen LogP contribution in [0.5, 0.6) is 0 Å². The van der Waals surface area contributed by atoms with Crippen molar-refractivity contribution in [3.63, 3.8) is 0 Å². The molecule has 3 aliphatic rings. The first-order valence-corrected chi connectivity index (χ1v) is 15.9. The number of primary amides is 1. The third kappa shape index (κ3) is 6.24. The molecule has 0 heterocycles. The van der Waals surface area contributed by atoms with Crippen molar-refractivity contribution >= 4 is 11.8 Å². The molecule has 2 atom stereocenters. The summed E-state index contributed by atoms with van der Waals surface area (Å²) in [5.74, 6) is -0.865. The molecule has 0 bridgehead atoms. The smallest absolute Gasteiger partial charge is 0.238 e. The maximum absolute atomic E-state index is 15.1. The molecule has 3 aliphatic carbocycles. The number of aliphatic hydroxyl groups is 2. The second kappa shape index (κ2) is 12.7. The molecular formula is C35H48N2O4. The van der Waals surface area contributed by atoms with Gasteiger partial charge in [-0.15, -0.1) is 0 Å². The van der Waals surface area contributed by atoms with Gasteiger partial charge in [-0.25, -0.2) is 0 Å². The van der Waals surface area contributed by atoms with Gasteiger partial charge in [0.1, 0.15) is 5.41 Å². The van der Waals surface area contributed by atoms with Crippen molar-refractivity contribution in [3.05, 3.63) is 71.8 Å². The van der Waals surface area contributed by atoms with Gasteiger partial charge in [0.2, 0.25) is 11.8 Å². The molecule has 2 aromatic rings. The monoisotopic (exact) mass is 560 g/mol.